The Balaban J connectivity index is 2.37. The molecule has 2 rings (SSSR count). The van der Waals surface area contributed by atoms with Crippen LogP contribution in [0.25, 0.3) is 10.6 Å². The molecule has 8 heteroatoms. The lowest BCUT2D eigenvalue weighted by molar-refractivity contribution is 0.180. The molecule has 0 saturated carbocycles. The van der Waals surface area contributed by atoms with E-state index in [2.05, 4.69) is 9.82 Å². The van der Waals surface area contributed by atoms with Gasteiger partial charge in [0.05, 0.1) is 11.5 Å². The molecule has 0 amide bonds. The van der Waals surface area contributed by atoms with Crippen molar-refractivity contribution < 1.29 is 13.2 Å². The maximum absolute atomic E-state index is 12.4. The van der Waals surface area contributed by atoms with Gasteiger partial charge in [-0.05, 0) is 18.4 Å². The Labute approximate surface area is 122 Å². The van der Waals surface area contributed by atoms with Gasteiger partial charge < -0.3 is 4.74 Å². The molecule has 2 heterocycles. The highest BCUT2D eigenvalue weighted by atomic mass is 32.2. The molecule has 0 spiro atoms. The van der Waals surface area contributed by atoms with E-state index in [-0.39, 0.29) is 10.9 Å². The highest BCUT2D eigenvalue weighted by Gasteiger charge is 2.25. The molecule has 2 aromatic rings. The Kier molecular flexibility index (Phi) is 4.59. The van der Waals surface area contributed by atoms with E-state index in [0.29, 0.717) is 12.3 Å². The standard InChI is InChI=1S/C12H17N3O3S2/c1-9(8-18-3)14-20(16,17)11-7-15(2)13-12(11)10-5-4-6-19-10/h4-7,9,14H,8H2,1-3H3. The molecule has 1 atom stereocenters. The number of aromatic nitrogens is 2. The SMILES string of the molecule is COCC(C)NS(=O)(=O)c1cn(C)nc1-c1cccs1. The van der Waals surface area contributed by atoms with Crippen molar-refractivity contribution in [2.24, 2.45) is 7.05 Å². The molecular weight excluding hydrogens is 298 g/mol. The Bertz CT molecular complexity index is 662. The maximum Gasteiger partial charge on any atom is 0.244 e. The van der Waals surface area contributed by atoms with Gasteiger partial charge in [0.1, 0.15) is 10.6 Å². The summed E-state index contributed by atoms with van der Waals surface area (Å²) in [6.07, 6.45) is 1.51. The molecule has 0 radical (unpaired) electrons. The molecule has 110 valence electrons. The van der Waals surface area contributed by atoms with E-state index in [9.17, 15) is 8.42 Å². The second-order valence-electron chi connectivity index (χ2n) is 4.47. The third-order valence-electron chi connectivity index (χ3n) is 2.61. The number of hydrogen-bond donors (Lipinski definition) is 1. The van der Waals surface area contributed by atoms with Crippen LogP contribution in [-0.2, 0) is 21.8 Å². The van der Waals surface area contributed by atoms with E-state index in [4.69, 9.17) is 4.74 Å². The maximum atomic E-state index is 12.4. The summed E-state index contributed by atoms with van der Waals surface area (Å²) in [6, 6.07) is 3.41. The minimum Gasteiger partial charge on any atom is -0.383 e. The van der Waals surface area contributed by atoms with Crippen molar-refractivity contribution in [3.05, 3.63) is 23.7 Å². The van der Waals surface area contributed by atoms with Crippen LogP contribution in [0.2, 0.25) is 0 Å². The van der Waals surface area contributed by atoms with Crippen molar-refractivity contribution in [3.63, 3.8) is 0 Å². The van der Waals surface area contributed by atoms with Crippen LogP contribution in [0.3, 0.4) is 0 Å². The lowest BCUT2D eigenvalue weighted by Crippen LogP contribution is -2.35. The van der Waals surface area contributed by atoms with Gasteiger partial charge in [0.25, 0.3) is 0 Å². The van der Waals surface area contributed by atoms with Crippen molar-refractivity contribution in [1.29, 1.82) is 0 Å². The lowest BCUT2D eigenvalue weighted by atomic mass is 10.3. The zero-order chi connectivity index (χ0) is 14.8. The van der Waals surface area contributed by atoms with Gasteiger partial charge in [-0.2, -0.15) is 5.10 Å². The predicted octanol–water partition coefficient (Wildman–Crippen LogP) is 1.46. The normalized spacial score (nSPS) is 13.6. The quantitative estimate of drug-likeness (QED) is 0.876. The van der Waals surface area contributed by atoms with Crippen LogP contribution in [-0.4, -0.2) is 38.0 Å². The van der Waals surface area contributed by atoms with Crippen LogP contribution in [0.15, 0.2) is 28.6 Å². The second kappa shape index (κ2) is 6.04. The molecule has 1 N–H and O–H groups in total. The van der Waals surface area contributed by atoms with Crippen LogP contribution in [0.4, 0.5) is 0 Å². The first-order valence-electron chi connectivity index (χ1n) is 6.03. The first-order chi connectivity index (χ1) is 9.44. The summed E-state index contributed by atoms with van der Waals surface area (Å²) in [7, 11) is -0.387. The highest BCUT2D eigenvalue weighted by Crippen LogP contribution is 2.29. The highest BCUT2D eigenvalue weighted by molar-refractivity contribution is 7.89. The van der Waals surface area contributed by atoms with Gasteiger partial charge >= 0.3 is 0 Å². The van der Waals surface area contributed by atoms with E-state index < -0.39 is 10.0 Å². The summed E-state index contributed by atoms with van der Waals surface area (Å²) in [5.74, 6) is 0. The van der Waals surface area contributed by atoms with Crippen molar-refractivity contribution in [2.45, 2.75) is 17.9 Å². The van der Waals surface area contributed by atoms with Gasteiger partial charge in [0, 0.05) is 26.4 Å². The number of sulfonamides is 1. The Hall–Kier alpha value is -1.22. The zero-order valence-electron chi connectivity index (χ0n) is 11.5. The van der Waals surface area contributed by atoms with Gasteiger partial charge in [-0.3, -0.25) is 4.68 Å². The second-order valence-corrected chi connectivity index (χ2v) is 7.10. The lowest BCUT2D eigenvalue weighted by Gasteiger charge is -2.12. The van der Waals surface area contributed by atoms with Crippen molar-refractivity contribution >= 4 is 21.4 Å². The smallest absolute Gasteiger partial charge is 0.244 e. The fraction of sp³-hybridized carbons (Fsp3) is 0.417. The third kappa shape index (κ3) is 3.26. The van der Waals surface area contributed by atoms with Crippen LogP contribution in [0.1, 0.15) is 6.92 Å². The largest absolute Gasteiger partial charge is 0.383 e. The summed E-state index contributed by atoms with van der Waals surface area (Å²) in [5.41, 5.74) is 0.472. The van der Waals surface area contributed by atoms with E-state index in [1.165, 1.54) is 29.3 Å². The molecule has 0 aliphatic heterocycles. The van der Waals surface area contributed by atoms with Crippen molar-refractivity contribution in [1.82, 2.24) is 14.5 Å². The summed E-state index contributed by atoms with van der Waals surface area (Å²) < 4.78 is 33.9. The van der Waals surface area contributed by atoms with Gasteiger partial charge in [0.2, 0.25) is 10.0 Å². The predicted molar refractivity (Wildman–Crippen MR) is 78.2 cm³/mol. The number of nitrogens with zero attached hydrogens (tertiary/aromatic N) is 2. The first kappa shape index (κ1) is 15.2. The number of nitrogens with one attached hydrogen (secondary N) is 1. The summed E-state index contributed by atoms with van der Waals surface area (Å²) in [6.45, 7) is 2.07. The van der Waals surface area contributed by atoms with Crippen molar-refractivity contribution in [3.8, 4) is 10.6 Å². The Morgan fingerprint density at radius 1 is 1.55 bits per heavy atom. The number of thiophene rings is 1. The fourth-order valence-corrected chi connectivity index (χ4v) is 4.07. The summed E-state index contributed by atoms with van der Waals surface area (Å²) >= 11 is 1.46. The fourth-order valence-electron chi connectivity index (χ4n) is 1.86. The minimum absolute atomic E-state index is 0.186. The minimum atomic E-state index is -3.62. The number of ether oxygens (including phenoxy) is 1. The van der Waals surface area contributed by atoms with Crippen LogP contribution in [0.5, 0.6) is 0 Å². The molecule has 1 unspecified atom stereocenters. The van der Waals surface area contributed by atoms with Gasteiger partial charge in [-0.15, -0.1) is 11.3 Å². The van der Waals surface area contributed by atoms with Crippen LogP contribution < -0.4 is 4.72 Å². The molecule has 0 saturated heterocycles. The van der Waals surface area contributed by atoms with Gasteiger partial charge in [-0.25, -0.2) is 13.1 Å². The molecular formula is C12H17N3O3S2. The Morgan fingerprint density at radius 2 is 2.30 bits per heavy atom. The van der Waals surface area contributed by atoms with Gasteiger partial charge in [0.15, 0.2) is 0 Å². The molecule has 20 heavy (non-hydrogen) atoms. The van der Waals surface area contributed by atoms with E-state index >= 15 is 0 Å². The number of hydrogen-bond acceptors (Lipinski definition) is 5. The summed E-state index contributed by atoms with van der Waals surface area (Å²) in [4.78, 5) is 1.01. The van der Waals surface area contributed by atoms with Gasteiger partial charge in [-0.1, -0.05) is 6.07 Å². The molecule has 0 aromatic carbocycles. The molecule has 0 fully saturated rings. The van der Waals surface area contributed by atoms with Crippen LogP contribution >= 0.6 is 11.3 Å². The van der Waals surface area contributed by atoms with E-state index in [1.54, 1.807) is 14.0 Å². The van der Waals surface area contributed by atoms with Crippen molar-refractivity contribution in [2.75, 3.05) is 13.7 Å². The average Bonchev–Trinajstić information content (AvgIpc) is 2.96. The van der Waals surface area contributed by atoms with E-state index in [1.807, 2.05) is 17.5 Å². The number of methoxy groups -OCH3 is 1. The zero-order valence-corrected chi connectivity index (χ0v) is 13.2. The number of rotatable bonds is 6. The van der Waals surface area contributed by atoms with E-state index in [0.717, 1.165) is 4.88 Å². The summed E-state index contributed by atoms with van der Waals surface area (Å²) in [5, 5.41) is 6.14. The third-order valence-corrected chi connectivity index (χ3v) is 5.08. The molecule has 6 nitrogen and oxygen atoms in total. The first-order valence-corrected chi connectivity index (χ1v) is 8.39. The number of aryl methyl sites for hydroxylation is 1. The van der Waals surface area contributed by atoms with Crippen LogP contribution in [0, 0.1) is 0 Å². The topological polar surface area (TPSA) is 73.2 Å². The Morgan fingerprint density at radius 3 is 2.90 bits per heavy atom. The molecule has 0 bridgehead atoms. The molecule has 2 aromatic heterocycles. The average molecular weight is 315 g/mol. The monoisotopic (exact) mass is 315 g/mol. The molecule has 0 aliphatic rings. The molecule has 0 aliphatic carbocycles.